The minimum atomic E-state index is -3.63. The van der Waals surface area contributed by atoms with Crippen molar-refractivity contribution in [2.24, 2.45) is 0 Å². The zero-order chi connectivity index (χ0) is 12.9. The SMILES string of the molecule is C=CCN(CC=C)S(=O)(=O)c1cnc(Cl)nc1. The van der Waals surface area contributed by atoms with Gasteiger partial charge in [-0.2, -0.15) is 4.31 Å². The van der Waals surface area contributed by atoms with Crippen LogP contribution in [0.15, 0.2) is 42.6 Å². The first-order valence-corrected chi connectivity index (χ1v) is 6.53. The van der Waals surface area contributed by atoms with Crippen LogP contribution in [0.2, 0.25) is 5.28 Å². The Labute approximate surface area is 106 Å². The van der Waals surface area contributed by atoms with Gasteiger partial charge in [0, 0.05) is 13.1 Å². The van der Waals surface area contributed by atoms with E-state index in [-0.39, 0.29) is 23.3 Å². The van der Waals surface area contributed by atoms with Gasteiger partial charge in [-0.25, -0.2) is 18.4 Å². The molecular weight excluding hydrogens is 262 g/mol. The van der Waals surface area contributed by atoms with Crippen molar-refractivity contribution in [1.82, 2.24) is 14.3 Å². The van der Waals surface area contributed by atoms with Gasteiger partial charge in [-0.1, -0.05) is 12.2 Å². The maximum Gasteiger partial charge on any atom is 0.246 e. The highest BCUT2D eigenvalue weighted by Gasteiger charge is 2.23. The van der Waals surface area contributed by atoms with E-state index in [0.717, 1.165) is 0 Å². The van der Waals surface area contributed by atoms with Crippen molar-refractivity contribution in [2.45, 2.75) is 4.90 Å². The summed E-state index contributed by atoms with van der Waals surface area (Å²) in [6.07, 6.45) is 5.34. The summed E-state index contributed by atoms with van der Waals surface area (Å²) < 4.78 is 25.5. The lowest BCUT2D eigenvalue weighted by molar-refractivity contribution is 0.473. The molecule has 0 unspecified atom stereocenters. The summed E-state index contributed by atoms with van der Waals surface area (Å²) in [6, 6.07) is 0. The smallest absolute Gasteiger partial charge is 0.225 e. The quantitative estimate of drug-likeness (QED) is 0.582. The largest absolute Gasteiger partial charge is 0.246 e. The second kappa shape index (κ2) is 5.90. The first-order chi connectivity index (χ1) is 8.02. The van der Waals surface area contributed by atoms with Gasteiger partial charge in [0.2, 0.25) is 15.3 Å². The highest BCUT2D eigenvalue weighted by atomic mass is 35.5. The van der Waals surface area contributed by atoms with Crippen molar-refractivity contribution in [1.29, 1.82) is 0 Å². The maximum atomic E-state index is 12.1. The van der Waals surface area contributed by atoms with Crippen LogP contribution in [-0.4, -0.2) is 35.8 Å². The fraction of sp³-hybridized carbons (Fsp3) is 0.200. The molecule has 0 aliphatic rings. The molecule has 0 aromatic carbocycles. The van der Waals surface area contributed by atoms with Crippen LogP contribution in [0.25, 0.3) is 0 Å². The average molecular weight is 274 g/mol. The van der Waals surface area contributed by atoms with Crippen LogP contribution >= 0.6 is 11.6 Å². The van der Waals surface area contributed by atoms with E-state index in [0.29, 0.717) is 0 Å². The Morgan fingerprint density at radius 1 is 1.24 bits per heavy atom. The highest BCUT2D eigenvalue weighted by Crippen LogP contribution is 2.14. The zero-order valence-electron chi connectivity index (χ0n) is 9.08. The van der Waals surface area contributed by atoms with Gasteiger partial charge < -0.3 is 0 Å². The Balaban J connectivity index is 3.10. The Kier molecular flexibility index (Phi) is 4.80. The van der Waals surface area contributed by atoms with Crippen LogP contribution < -0.4 is 0 Å². The molecule has 0 fully saturated rings. The molecule has 0 aliphatic carbocycles. The van der Waals surface area contributed by atoms with Gasteiger partial charge >= 0.3 is 0 Å². The molecular formula is C10H12ClN3O2S. The molecule has 92 valence electrons. The van der Waals surface area contributed by atoms with Gasteiger partial charge in [-0.3, -0.25) is 0 Å². The molecule has 0 radical (unpaired) electrons. The van der Waals surface area contributed by atoms with E-state index in [2.05, 4.69) is 23.1 Å². The van der Waals surface area contributed by atoms with Crippen LogP contribution in [0.4, 0.5) is 0 Å². The van der Waals surface area contributed by atoms with Crippen molar-refractivity contribution < 1.29 is 8.42 Å². The lowest BCUT2D eigenvalue weighted by Crippen LogP contribution is -2.31. The summed E-state index contributed by atoms with van der Waals surface area (Å²) in [5, 5.41) is 0.00272. The second-order valence-corrected chi connectivity index (χ2v) is 5.36. The molecule has 0 saturated heterocycles. The minimum Gasteiger partial charge on any atom is -0.225 e. The summed E-state index contributed by atoms with van der Waals surface area (Å²) in [4.78, 5) is 7.28. The second-order valence-electron chi connectivity index (χ2n) is 3.09. The van der Waals surface area contributed by atoms with Crippen molar-refractivity contribution >= 4 is 21.6 Å². The molecule has 17 heavy (non-hydrogen) atoms. The number of halogens is 1. The Morgan fingerprint density at radius 3 is 2.12 bits per heavy atom. The summed E-state index contributed by atoms with van der Waals surface area (Å²) in [5.74, 6) is 0. The van der Waals surface area contributed by atoms with Crippen LogP contribution in [-0.2, 0) is 10.0 Å². The molecule has 0 saturated carbocycles. The van der Waals surface area contributed by atoms with Gasteiger partial charge in [-0.05, 0) is 11.6 Å². The molecule has 0 aliphatic heterocycles. The van der Waals surface area contributed by atoms with Crippen molar-refractivity contribution in [2.75, 3.05) is 13.1 Å². The first-order valence-electron chi connectivity index (χ1n) is 4.72. The fourth-order valence-electron chi connectivity index (χ4n) is 1.14. The van der Waals surface area contributed by atoms with Crippen LogP contribution in [0, 0.1) is 0 Å². The zero-order valence-corrected chi connectivity index (χ0v) is 10.7. The van der Waals surface area contributed by atoms with Crippen LogP contribution in [0.1, 0.15) is 0 Å². The van der Waals surface area contributed by atoms with Gasteiger partial charge in [-0.15, -0.1) is 13.2 Å². The molecule has 1 heterocycles. The van der Waals surface area contributed by atoms with E-state index < -0.39 is 10.0 Å². The number of nitrogens with zero attached hydrogens (tertiary/aromatic N) is 3. The lowest BCUT2D eigenvalue weighted by Gasteiger charge is -2.18. The van der Waals surface area contributed by atoms with E-state index in [4.69, 9.17) is 11.6 Å². The molecule has 1 rings (SSSR count). The first kappa shape index (κ1) is 13.8. The lowest BCUT2D eigenvalue weighted by atomic mass is 10.5. The molecule has 0 N–H and O–H groups in total. The third-order valence-electron chi connectivity index (χ3n) is 1.90. The molecule has 0 spiro atoms. The number of hydrogen-bond donors (Lipinski definition) is 0. The fourth-order valence-corrected chi connectivity index (χ4v) is 2.51. The molecule has 0 atom stereocenters. The summed E-state index contributed by atoms with van der Waals surface area (Å²) >= 11 is 5.50. The molecule has 0 bridgehead atoms. The Hall–Kier alpha value is -1.24. The predicted molar refractivity (Wildman–Crippen MR) is 66.2 cm³/mol. The summed E-state index contributed by atoms with van der Waals surface area (Å²) in [5.41, 5.74) is 0. The number of hydrogen-bond acceptors (Lipinski definition) is 4. The molecule has 1 aromatic heterocycles. The third kappa shape index (κ3) is 3.36. The van der Waals surface area contributed by atoms with Crippen LogP contribution in [0.5, 0.6) is 0 Å². The van der Waals surface area contributed by atoms with Gasteiger partial charge in [0.05, 0.1) is 12.4 Å². The Morgan fingerprint density at radius 2 is 1.71 bits per heavy atom. The van der Waals surface area contributed by atoms with Crippen molar-refractivity contribution in [3.63, 3.8) is 0 Å². The van der Waals surface area contributed by atoms with Crippen LogP contribution in [0.3, 0.4) is 0 Å². The standard InChI is InChI=1S/C10H12ClN3O2S/c1-3-5-14(6-4-2)17(15,16)9-7-12-10(11)13-8-9/h3-4,7-8H,1-2,5-6H2. The van der Waals surface area contributed by atoms with Crippen molar-refractivity contribution in [3.8, 4) is 0 Å². The third-order valence-corrected chi connectivity index (χ3v) is 3.88. The molecule has 1 aromatic rings. The van der Waals surface area contributed by atoms with E-state index in [1.807, 2.05) is 0 Å². The molecule has 7 heteroatoms. The monoisotopic (exact) mass is 273 g/mol. The highest BCUT2D eigenvalue weighted by molar-refractivity contribution is 7.89. The summed E-state index contributed by atoms with van der Waals surface area (Å²) in [7, 11) is -3.63. The number of aromatic nitrogens is 2. The topological polar surface area (TPSA) is 63.2 Å². The number of sulfonamides is 1. The molecule has 0 amide bonds. The van der Waals surface area contributed by atoms with E-state index in [9.17, 15) is 8.42 Å². The van der Waals surface area contributed by atoms with E-state index in [1.54, 1.807) is 0 Å². The van der Waals surface area contributed by atoms with Gasteiger partial charge in [0.1, 0.15) is 4.90 Å². The normalized spacial score (nSPS) is 11.4. The average Bonchev–Trinajstić information content (AvgIpc) is 2.29. The van der Waals surface area contributed by atoms with Gasteiger partial charge in [0.15, 0.2) is 0 Å². The minimum absolute atomic E-state index is 0.00272. The molecule has 5 nitrogen and oxygen atoms in total. The maximum absolute atomic E-state index is 12.1. The van der Waals surface area contributed by atoms with E-state index >= 15 is 0 Å². The Bertz CT molecular complexity index is 489. The summed E-state index contributed by atoms with van der Waals surface area (Å²) in [6.45, 7) is 7.41. The number of rotatable bonds is 6. The van der Waals surface area contributed by atoms with E-state index in [1.165, 1.54) is 28.9 Å². The van der Waals surface area contributed by atoms with Crippen molar-refractivity contribution in [3.05, 3.63) is 43.0 Å². The predicted octanol–water partition coefficient (Wildman–Crippen LogP) is 1.49. The van der Waals surface area contributed by atoms with Gasteiger partial charge in [0.25, 0.3) is 0 Å².